The number of ether oxygens (including phenoxy) is 1. The number of benzene rings is 4. The molecule has 0 radical (unpaired) electrons. The van der Waals surface area contributed by atoms with E-state index in [9.17, 15) is 0 Å². The lowest BCUT2D eigenvalue weighted by atomic mass is 10.1. The fourth-order valence-corrected chi connectivity index (χ4v) is 4.84. The van der Waals surface area contributed by atoms with Crippen LogP contribution in [0.15, 0.2) is 109 Å². The molecule has 6 heteroatoms. The number of fused-ring (bicyclic) bond motifs is 4. The average molecular weight is 468 g/mol. The van der Waals surface area contributed by atoms with Crippen molar-refractivity contribution in [2.24, 2.45) is 0 Å². The van der Waals surface area contributed by atoms with Gasteiger partial charge in [-0.15, -0.1) is 4.58 Å². The van der Waals surface area contributed by atoms with Gasteiger partial charge in [0.05, 0.1) is 17.2 Å². The number of hydrogen-bond donors (Lipinski definition) is 0. The van der Waals surface area contributed by atoms with Gasteiger partial charge in [-0.05, 0) is 48.5 Å². The van der Waals surface area contributed by atoms with Crippen molar-refractivity contribution in [1.82, 2.24) is 19.1 Å². The van der Waals surface area contributed by atoms with Crippen LogP contribution >= 0.6 is 0 Å². The summed E-state index contributed by atoms with van der Waals surface area (Å²) < 4.78 is 12.4. The summed E-state index contributed by atoms with van der Waals surface area (Å²) in [5, 5.41) is 2.34. The van der Waals surface area contributed by atoms with Crippen LogP contribution in [0.25, 0.3) is 27.5 Å². The van der Waals surface area contributed by atoms with E-state index in [2.05, 4.69) is 81.2 Å². The molecule has 7 rings (SSSR count). The van der Waals surface area contributed by atoms with Gasteiger partial charge in [-0.3, -0.25) is 0 Å². The van der Waals surface area contributed by atoms with Gasteiger partial charge in [-0.1, -0.05) is 47.0 Å². The van der Waals surface area contributed by atoms with E-state index in [1.165, 1.54) is 10.9 Å². The van der Waals surface area contributed by atoms with E-state index in [1.54, 1.807) is 12.4 Å². The highest BCUT2D eigenvalue weighted by Gasteiger charge is 2.34. The van der Waals surface area contributed by atoms with Crippen LogP contribution in [0.4, 0.5) is 17.3 Å². The third kappa shape index (κ3) is 3.21. The summed E-state index contributed by atoms with van der Waals surface area (Å²) in [6.07, 6.45) is 3.37. The second kappa shape index (κ2) is 8.01. The summed E-state index contributed by atoms with van der Waals surface area (Å²) in [7, 11) is 1.91. The lowest BCUT2D eigenvalue weighted by Crippen LogP contribution is -2.01. The monoisotopic (exact) mass is 467 g/mol. The quantitative estimate of drug-likeness (QED) is 0.272. The normalized spacial score (nSPS) is 12.5. The van der Waals surface area contributed by atoms with Gasteiger partial charge in [0, 0.05) is 27.5 Å². The SMILES string of the molecule is C[N+]1=C=[N+](c2cccc(Oc3ccc4c(c3)c3ccccc3n4-c3ccccc3)c2)c2nccnc21. The van der Waals surface area contributed by atoms with E-state index < -0.39 is 0 Å². The molecule has 0 amide bonds. The molecule has 0 N–H and O–H groups in total. The molecule has 170 valence electrons. The van der Waals surface area contributed by atoms with Gasteiger partial charge in [-0.2, -0.15) is 4.98 Å². The Bertz CT molecular complexity index is 1860. The van der Waals surface area contributed by atoms with Crippen LogP contribution in [0, 0.1) is 0 Å². The molecule has 0 saturated heterocycles. The van der Waals surface area contributed by atoms with Crippen molar-refractivity contribution in [2.75, 3.05) is 7.05 Å². The molecule has 0 bridgehead atoms. The van der Waals surface area contributed by atoms with Crippen molar-refractivity contribution in [1.29, 1.82) is 0 Å². The van der Waals surface area contributed by atoms with Gasteiger partial charge < -0.3 is 9.30 Å². The van der Waals surface area contributed by atoms with Crippen molar-refractivity contribution in [2.45, 2.75) is 0 Å². The zero-order valence-corrected chi connectivity index (χ0v) is 19.5. The maximum absolute atomic E-state index is 6.35. The Labute approximate surface area is 207 Å². The van der Waals surface area contributed by atoms with Crippen molar-refractivity contribution in [3.8, 4) is 17.2 Å². The molecule has 36 heavy (non-hydrogen) atoms. The van der Waals surface area contributed by atoms with Crippen LogP contribution < -0.4 is 9.31 Å². The van der Waals surface area contributed by atoms with E-state index in [0.717, 1.165) is 45.4 Å². The van der Waals surface area contributed by atoms with Crippen LogP contribution in [-0.4, -0.2) is 32.2 Å². The highest BCUT2D eigenvalue weighted by atomic mass is 16.5. The smallest absolute Gasteiger partial charge is 0.457 e. The van der Waals surface area contributed by atoms with Gasteiger partial charge in [0.2, 0.25) is 0 Å². The molecule has 1 aliphatic heterocycles. The van der Waals surface area contributed by atoms with Crippen molar-refractivity contribution >= 4 is 45.1 Å². The van der Waals surface area contributed by atoms with Gasteiger partial charge in [0.25, 0.3) is 0 Å². The van der Waals surface area contributed by atoms with Crippen molar-refractivity contribution in [3.05, 3.63) is 109 Å². The molecule has 2 aromatic heterocycles. The Morgan fingerprint density at radius 2 is 1.44 bits per heavy atom. The summed E-state index contributed by atoms with van der Waals surface area (Å²) >= 11 is 0. The Morgan fingerprint density at radius 1 is 0.694 bits per heavy atom. The summed E-state index contributed by atoms with van der Waals surface area (Å²) in [6, 6.07) is 36.4. The molecule has 0 saturated carbocycles. The minimum absolute atomic E-state index is 0.737. The summed E-state index contributed by atoms with van der Waals surface area (Å²) in [5.41, 5.74) is 4.35. The van der Waals surface area contributed by atoms with Crippen LogP contribution in [0.5, 0.6) is 11.5 Å². The van der Waals surface area contributed by atoms with Gasteiger partial charge >= 0.3 is 17.6 Å². The molecular weight excluding hydrogens is 446 g/mol. The van der Waals surface area contributed by atoms with Gasteiger partial charge in [0.15, 0.2) is 11.9 Å². The largest absolute Gasteiger partial charge is 0.474 e. The van der Waals surface area contributed by atoms with Crippen LogP contribution in [0.3, 0.4) is 0 Å². The van der Waals surface area contributed by atoms with Crippen molar-refractivity contribution < 1.29 is 9.31 Å². The molecule has 3 heterocycles. The van der Waals surface area contributed by atoms with Gasteiger partial charge in [-0.25, -0.2) is 0 Å². The predicted octanol–water partition coefficient (Wildman–Crippen LogP) is 6.66. The Balaban J connectivity index is 1.30. The number of nitrogens with zero attached hydrogens (tertiary/aromatic N) is 5. The number of hydrogen-bond acceptors (Lipinski definition) is 3. The van der Waals surface area contributed by atoms with E-state index >= 15 is 0 Å². The first kappa shape index (κ1) is 20.3. The average Bonchev–Trinajstić information content (AvgIpc) is 3.44. The third-order valence-corrected chi connectivity index (χ3v) is 6.41. The molecule has 6 nitrogen and oxygen atoms in total. The minimum Gasteiger partial charge on any atom is -0.457 e. The molecule has 0 spiro atoms. The predicted molar refractivity (Wildman–Crippen MR) is 142 cm³/mol. The van der Waals surface area contributed by atoms with E-state index in [1.807, 2.05) is 52.6 Å². The summed E-state index contributed by atoms with van der Waals surface area (Å²) in [4.78, 5) is 8.90. The molecule has 0 aliphatic carbocycles. The first-order valence-electron chi connectivity index (χ1n) is 11.7. The Kier molecular flexibility index (Phi) is 4.52. The summed E-state index contributed by atoms with van der Waals surface area (Å²) in [6.45, 7) is 0. The second-order valence-corrected chi connectivity index (χ2v) is 8.66. The first-order chi connectivity index (χ1) is 17.8. The van der Waals surface area contributed by atoms with E-state index in [-0.39, 0.29) is 0 Å². The van der Waals surface area contributed by atoms with Crippen LogP contribution in [0.2, 0.25) is 0 Å². The molecule has 0 atom stereocenters. The maximum Gasteiger partial charge on any atom is 0.474 e. The maximum atomic E-state index is 6.35. The molecule has 4 aromatic carbocycles. The number of para-hydroxylation sites is 2. The number of aromatic nitrogens is 3. The third-order valence-electron chi connectivity index (χ3n) is 6.41. The lowest BCUT2D eigenvalue weighted by Gasteiger charge is -2.09. The number of rotatable bonds is 4. The first-order valence-corrected chi connectivity index (χ1v) is 11.7. The summed E-state index contributed by atoms with van der Waals surface area (Å²) in [5.74, 6) is 3.03. The molecule has 1 aliphatic rings. The van der Waals surface area contributed by atoms with Gasteiger partial charge in [0.1, 0.15) is 18.5 Å². The molecule has 0 unspecified atom stereocenters. The zero-order chi connectivity index (χ0) is 24.1. The fourth-order valence-electron chi connectivity index (χ4n) is 4.84. The Hall–Kier alpha value is -5.06. The standard InChI is InChI=1S/C30H21N5O/c1-33-20-34(30-29(33)31-16-17-32-30)22-10-7-11-23(18-22)36-24-14-15-28-26(19-24)25-12-5-6-13-27(25)35(28)21-8-3-2-4-9-21/h2-19H,1H3/q+2. The Morgan fingerprint density at radius 3 is 2.33 bits per heavy atom. The van der Waals surface area contributed by atoms with Crippen LogP contribution in [-0.2, 0) is 0 Å². The topological polar surface area (TPSA) is 46.0 Å². The fraction of sp³-hybridized carbons (Fsp3) is 0.0333. The van der Waals surface area contributed by atoms with E-state index in [0.29, 0.717) is 0 Å². The zero-order valence-electron chi connectivity index (χ0n) is 19.5. The molecule has 0 fully saturated rings. The highest BCUT2D eigenvalue weighted by Crippen LogP contribution is 2.36. The highest BCUT2D eigenvalue weighted by molar-refractivity contribution is 6.09. The minimum atomic E-state index is 0.737. The molecular formula is C30H21N5O+2. The van der Waals surface area contributed by atoms with E-state index in [4.69, 9.17) is 4.74 Å². The molecule has 6 aromatic rings. The van der Waals surface area contributed by atoms with Crippen LogP contribution in [0.1, 0.15) is 0 Å². The second-order valence-electron chi connectivity index (χ2n) is 8.66. The lowest BCUT2D eigenvalue weighted by molar-refractivity contribution is -0.398. The van der Waals surface area contributed by atoms with Crippen molar-refractivity contribution in [3.63, 3.8) is 0 Å².